The first-order valence-corrected chi connectivity index (χ1v) is 7.02. The Bertz CT molecular complexity index is 949. The molecule has 0 amide bonds. The second-order valence-electron chi connectivity index (χ2n) is 5.20. The van der Waals surface area contributed by atoms with Gasteiger partial charge in [-0.3, -0.25) is 0 Å². The van der Waals surface area contributed by atoms with Crippen LogP contribution in [0.25, 0.3) is 16.9 Å². The van der Waals surface area contributed by atoms with Crippen molar-refractivity contribution in [1.29, 1.82) is 0 Å². The molecule has 0 saturated heterocycles. The van der Waals surface area contributed by atoms with E-state index in [2.05, 4.69) is 25.0 Å². The van der Waals surface area contributed by atoms with Gasteiger partial charge >= 0.3 is 12.4 Å². The fourth-order valence-corrected chi connectivity index (χ4v) is 2.15. The maximum absolute atomic E-state index is 12.9. The summed E-state index contributed by atoms with van der Waals surface area (Å²) in [4.78, 5) is 3.87. The number of ether oxygens (including phenoxy) is 1. The summed E-state index contributed by atoms with van der Waals surface area (Å²) in [6.45, 7) is -0.0306. The van der Waals surface area contributed by atoms with Crippen LogP contribution in [0.15, 0.2) is 24.3 Å². The van der Waals surface area contributed by atoms with E-state index in [0.29, 0.717) is 10.1 Å². The van der Waals surface area contributed by atoms with Gasteiger partial charge < -0.3 is 4.74 Å². The summed E-state index contributed by atoms with van der Waals surface area (Å²) in [5.41, 5.74) is 0.582. The summed E-state index contributed by atoms with van der Waals surface area (Å²) >= 11 is 0. The highest BCUT2D eigenvalue weighted by Crippen LogP contribution is 2.29. The average molecular weight is 377 g/mol. The number of rotatable bonds is 3. The standard InChI is InChI=1S/C14H9F6N5O/c1-7-8(2-5-11(21-7)26-6-13(15,16)17)9-3-4-10-22-23-12(14(18,19)20)25(10)24-9/h2-5H,6H2,1H3. The minimum absolute atomic E-state index is 0.100. The van der Waals surface area contributed by atoms with Crippen molar-refractivity contribution in [3.8, 4) is 17.1 Å². The summed E-state index contributed by atoms with van der Waals surface area (Å²) in [7, 11) is 0. The first kappa shape index (κ1) is 17.9. The molecule has 0 atom stereocenters. The highest BCUT2D eigenvalue weighted by molar-refractivity contribution is 5.63. The summed E-state index contributed by atoms with van der Waals surface area (Å²) in [6.07, 6.45) is -9.25. The van der Waals surface area contributed by atoms with Gasteiger partial charge in [-0.1, -0.05) is 0 Å². The van der Waals surface area contributed by atoms with Gasteiger partial charge in [-0.2, -0.15) is 36.0 Å². The number of alkyl halides is 6. The van der Waals surface area contributed by atoms with Crippen molar-refractivity contribution >= 4 is 5.65 Å². The summed E-state index contributed by atoms with van der Waals surface area (Å²) in [6, 6.07) is 5.24. The van der Waals surface area contributed by atoms with Crippen LogP contribution >= 0.6 is 0 Å². The number of aryl methyl sites for hydroxylation is 1. The van der Waals surface area contributed by atoms with E-state index in [-0.39, 0.29) is 22.9 Å². The molecule has 0 radical (unpaired) electrons. The van der Waals surface area contributed by atoms with E-state index in [1.165, 1.54) is 31.2 Å². The molecule has 0 aliphatic rings. The Morgan fingerprint density at radius 3 is 2.35 bits per heavy atom. The molecule has 0 saturated carbocycles. The maximum atomic E-state index is 12.9. The molecule has 0 spiro atoms. The molecule has 3 aromatic heterocycles. The van der Waals surface area contributed by atoms with E-state index in [1.807, 2.05) is 0 Å². The molecule has 0 aliphatic heterocycles. The van der Waals surface area contributed by atoms with Gasteiger partial charge in [0, 0.05) is 11.6 Å². The van der Waals surface area contributed by atoms with Gasteiger partial charge in [0.2, 0.25) is 5.88 Å². The quantitative estimate of drug-likeness (QED) is 0.654. The molecule has 3 heterocycles. The number of pyridine rings is 1. The van der Waals surface area contributed by atoms with Gasteiger partial charge in [0.15, 0.2) is 12.3 Å². The van der Waals surface area contributed by atoms with Gasteiger partial charge in [-0.05, 0) is 25.1 Å². The molecule has 3 rings (SSSR count). The third-order valence-corrected chi connectivity index (χ3v) is 3.24. The van der Waals surface area contributed by atoms with Crippen LogP contribution in [0.4, 0.5) is 26.3 Å². The minimum atomic E-state index is -4.74. The average Bonchev–Trinajstić information content (AvgIpc) is 2.95. The van der Waals surface area contributed by atoms with Crippen LogP contribution in [0.1, 0.15) is 11.5 Å². The molecular formula is C14H9F6N5O. The zero-order chi connectivity index (χ0) is 19.1. The Hall–Kier alpha value is -2.92. The third-order valence-electron chi connectivity index (χ3n) is 3.24. The summed E-state index contributed by atoms with van der Waals surface area (Å²) in [5, 5.41) is 10.3. The monoisotopic (exact) mass is 377 g/mol. The molecule has 0 N–H and O–H groups in total. The first-order valence-electron chi connectivity index (χ1n) is 7.02. The van der Waals surface area contributed by atoms with Gasteiger partial charge in [0.05, 0.1) is 11.4 Å². The molecule has 0 unspecified atom stereocenters. The molecule has 138 valence electrons. The van der Waals surface area contributed by atoms with Crippen LogP contribution in [-0.4, -0.2) is 37.6 Å². The molecule has 26 heavy (non-hydrogen) atoms. The lowest BCUT2D eigenvalue weighted by Gasteiger charge is -2.11. The predicted molar refractivity (Wildman–Crippen MR) is 75.3 cm³/mol. The Labute approximate surface area is 141 Å². The molecule has 12 heteroatoms. The zero-order valence-electron chi connectivity index (χ0n) is 12.9. The number of fused-ring (bicyclic) bond motifs is 1. The Morgan fingerprint density at radius 1 is 1.00 bits per heavy atom. The minimum Gasteiger partial charge on any atom is -0.468 e. The zero-order valence-corrected chi connectivity index (χ0v) is 12.9. The molecule has 0 aromatic carbocycles. The Kier molecular flexibility index (Phi) is 4.20. The highest BCUT2D eigenvalue weighted by Gasteiger charge is 2.37. The fraction of sp³-hybridized carbons (Fsp3) is 0.286. The molecule has 0 aliphatic carbocycles. The topological polar surface area (TPSA) is 65.2 Å². The molecule has 6 nitrogen and oxygen atoms in total. The van der Waals surface area contributed by atoms with E-state index in [4.69, 9.17) is 0 Å². The van der Waals surface area contributed by atoms with Crippen molar-refractivity contribution in [3.05, 3.63) is 35.8 Å². The van der Waals surface area contributed by atoms with Crippen molar-refractivity contribution in [2.24, 2.45) is 0 Å². The number of halogens is 6. The van der Waals surface area contributed by atoms with Crippen molar-refractivity contribution in [2.75, 3.05) is 6.61 Å². The van der Waals surface area contributed by atoms with Crippen LogP contribution in [-0.2, 0) is 6.18 Å². The third kappa shape index (κ3) is 3.68. The lowest BCUT2D eigenvalue weighted by atomic mass is 10.1. The SMILES string of the molecule is Cc1nc(OCC(F)(F)F)ccc1-c1ccc2nnc(C(F)(F)F)n2n1. The first-order chi connectivity index (χ1) is 12.0. The van der Waals surface area contributed by atoms with Crippen LogP contribution in [0.5, 0.6) is 5.88 Å². The number of nitrogens with zero attached hydrogens (tertiary/aromatic N) is 5. The van der Waals surface area contributed by atoms with Crippen LogP contribution in [0.3, 0.4) is 0 Å². The normalized spacial score (nSPS) is 12.6. The van der Waals surface area contributed by atoms with Crippen molar-refractivity contribution in [3.63, 3.8) is 0 Å². The molecule has 0 fully saturated rings. The van der Waals surface area contributed by atoms with Gasteiger partial charge in [-0.15, -0.1) is 10.2 Å². The van der Waals surface area contributed by atoms with Crippen molar-refractivity contribution < 1.29 is 31.1 Å². The van der Waals surface area contributed by atoms with E-state index < -0.39 is 24.8 Å². The molecular weight excluding hydrogens is 368 g/mol. The number of aromatic nitrogens is 5. The van der Waals surface area contributed by atoms with E-state index in [1.54, 1.807) is 0 Å². The smallest absolute Gasteiger partial charge is 0.453 e. The highest BCUT2D eigenvalue weighted by atomic mass is 19.4. The van der Waals surface area contributed by atoms with E-state index >= 15 is 0 Å². The van der Waals surface area contributed by atoms with Crippen LogP contribution in [0.2, 0.25) is 0 Å². The number of hydrogen-bond donors (Lipinski definition) is 0. The van der Waals surface area contributed by atoms with Crippen LogP contribution < -0.4 is 4.74 Å². The van der Waals surface area contributed by atoms with Gasteiger partial charge in [0.25, 0.3) is 5.82 Å². The second-order valence-corrected chi connectivity index (χ2v) is 5.20. The van der Waals surface area contributed by atoms with Gasteiger partial charge in [-0.25, -0.2) is 4.98 Å². The van der Waals surface area contributed by atoms with Crippen molar-refractivity contribution in [1.82, 2.24) is 24.8 Å². The largest absolute Gasteiger partial charge is 0.468 e. The van der Waals surface area contributed by atoms with E-state index in [0.717, 1.165) is 0 Å². The predicted octanol–water partition coefficient (Wildman–Crippen LogP) is 3.45. The molecule has 3 aromatic rings. The summed E-state index contributed by atoms with van der Waals surface area (Å²) in [5.74, 6) is -1.55. The number of hydrogen-bond acceptors (Lipinski definition) is 5. The second kappa shape index (κ2) is 6.11. The lowest BCUT2D eigenvalue weighted by Crippen LogP contribution is -2.19. The van der Waals surface area contributed by atoms with Gasteiger partial charge in [0.1, 0.15) is 0 Å². The molecule has 0 bridgehead atoms. The lowest BCUT2D eigenvalue weighted by molar-refractivity contribution is -0.154. The Balaban J connectivity index is 1.96. The van der Waals surface area contributed by atoms with Crippen LogP contribution in [0, 0.1) is 6.92 Å². The maximum Gasteiger partial charge on any atom is 0.453 e. The van der Waals surface area contributed by atoms with Crippen molar-refractivity contribution in [2.45, 2.75) is 19.3 Å². The Morgan fingerprint density at radius 2 is 1.73 bits per heavy atom. The fourth-order valence-electron chi connectivity index (χ4n) is 2.15. The summed E-state index contributed by atoms with van der Waals surface area (Å²) < 4.78 is 80.3. The van der Waals surface area contributed by atoms with E-state index in [9.17, 15) is 26.3 Å².